The smallest absolute Gasteiger partial charge is 0.328 e. The van der Waals surface area contributed by atoms with Crippen molar-refractivity contribution in [2.75, 3.05) is 32.8 Å². The van der Waals surface area contributed by atoms with Gasteiger partial charge in [0.2, 0.25) is 0 Å². The van der Waals surface area contributed by atoms with Crippen molar-refractivity contribution < 1.29 is 13.9 Å². The summed E-state index contributed by atoms with van der Waals surface area (Å²) in [7, 11) is 0. The summed E-state index contributed by atoms with van der Waals surface area (Å²) in [5.41, 5.74) is 0.276. The monoisotopic (exact) mass is 300 g/mol. The SMILES string of the molecule is CCOC(=O)C(c1cc(Cl)ccc1F)N1CCNCC1. The summed E-state index contributed by atoms with van der Waals surface area (Å²) in [5.74, 6) is -0.874. The first-order chi connectivity index (χ1) is 9.63. The lowest BCUT2D eigenvalue weighted by Crippen LogP contribution is -2.47. The van der Waals surface area contributed by atoms with Crippen LogP contribution in [0.3, 0.4) is 0 Å². The van der Waals surface area contributed by atoms with E-state index in [0.717, 1.165) is 13.1 Å². The number of nitrogens with zero attached hydrogens (tertiary/aromatic N) is 1. The Kier molecular flexibility index (Phi) is 5.34. The van der Waals surface area contributed by atoms with Crippen molar-refractivity contribution in [3.05, 3.63) is 34.6 Å². The van der Waals surface area contributed by atoms with Gasteiger partial charge in [-0.1, -0.05) is 11.6 Å². The lowest BCUT2D eigenvalue weighted by Gasteiger charge is -2.33. The van der Waals surface area contributed by atoms with Gasteiger partial charge in [-0.15, -0.1) is 0 Å². The number of halogens is 2. The summed E-state index contributed by atoms with van der Waals surface area (Å²) in [6.45, 7) is 4.85. The minimum atomic E-state index is -0.740. The van der Waals surface area contributed by atoms with E-state index in [1.807, 2.05) is 4.90 Å². The Labute approximate surface area is 122 Å². The summed E-state index contributed by atoms with van der Waals surface area (Å²) < 4.78 is 19.2. The quantitative estimate of drug-likeness (QED) is 0.864. The van der Waals surface area contributed by atoms with Crippen LogP contribution < -0.4 is 5.32 Å². The average Bonchev–Trinajstić information content (AvgIpc) is 2.44. The molecule has 4 nitrogen and oxygen atoms in total. The van der Waals surface area contributed by atoms with Gasteiger partial charge in [0, 0.05) is 36.8 Å². The van der Waals surface area contributed by atoms with Gasteiger partial charge in [-0.05, 0) is 25.1 Å². The number of esters is 1. The maximum absolute atomic E-state index is 14.1. The second kappa shape index (κ2) is 7.02. The summed E-state index contributed by atoms with van der Waals surface area (Å²) in [4.78, 5) is 14.1. The Balaban J connectivity index is 2.34. The maximum Gasteiger partial charge on any atom is 0.328 e. The molecule has 0 bridgehead atoms. The predicted octanol–water partition coefficient (Wildman–Crippen LogP) is 1.99. The molecule has 0 saturated carbocycles. The van der Waals surface area contributed by atoms with Gasteiger partial charge in [0.25, 0.3) is 0 Å². The first-order valence-corrected chi connectivity index (χ1v) is 7.07. The summed E-state index contributed by atoms with van der Waals surface area (Å²) in [6, 6.07) is 3.52. The molecule has 1 fully saturated rings. The molecular weight excluding hydrogens is 283 g/mol. The van der Waals surface area contributed by atoms with Gasteiger partial charge in [-0.25, -0.2) is 9.18 Å². The molecule has 1 aromatic rings. The van der Waals surface area contributed by atoms with Crippen molar-refractivity contribution in [3.63, 3.8) is 0 Å². The first-order valence-electron chi connectivity index (χ1n) is 6.70. The fraction of sp³-hybridized carbons (Fsp3) is 0.500. The molecule has 20 heavy (non-hydrogen) atoms. The highest BCUT2D eigenvalue weighted by atomic mass is 35.5. The van der Waals surface area contributed by atoms with Crippen molar-refractivity contribution in [1.82, 2.24) is 10.2 Å². The maximum atomic E-state index is 14.1. The molecule has 1 N–H and O–H groups in total. The van der Waals surface area contributed by atoms with E-state index in [-0.39, 0.29) is 12.2 Å². The number of piperazine rings is 1. The molecule has 0 radical (unpaired) electrons. The van der Waals surface area contributed by atoms with Crippen LogP contribution in [-0.4, -0.2) is 43.7 Å². The Hall–Kier alpha value is -1.17. The van der Waals surface area contributed by atoms with Crippen molar-refractivity contribution in [3.8, 4) is 0 Å². The number of benzene rings is 1. The first kappa shape index (κ1) is 15.2. The largest absolute Gasteiger partial charge is 0.465 e. The fourth-order valence-electron chi connectivity index (χ4n) is 2.36. The third-order valence-electron chi connectivity index (χ3n) is 3.28. The molecule has 2 rings (SSSR count). The zero-order valence-corrected chi connectivity index (χ0v) is 12.1. The molecule has 0 aliphatic carbocycles. The van der Waals surface area contributed by atoms with Crippen molar-refractivity contribution >= 4 is 17.6 Å². The lowest BCUT2D eigenvalue weighted by molar-refractivity contribution is -0.150. The zero-order chi connectivity index (χ0) is 14.5. The molecule has 0 aromatic heterocycles. The minimum absolute atomic E-state index is 0.267. The number of rotatable bonds is 4. The van der Waals surface area contributed by atoms with Crippen molar-refractivity contribution in [2.45, 2.75) is 13.0 Å². The van der Waals surface area contributed by atoms with Gasteiger partial charge in [0.05, 0.1) is 6.61 Å². The average molecular weight is 301 g/mol. The van der Waals surface area contributed by atoms with Gasteiger partial charge in [-0.3, -0.25) is 4.90 Å². The van der Waals surface area contributed by atoms with Crippen LogP contribution in [-0.2, 0) is 9.53 Å². The van der Waals surface area contributed by atoms with Gasteiger partial charge in [0.1, 0.15) is 11.9 Å². The fourth-order valence-corrected chi connectivity index (χ4v) is 2.54. The van der Waals surface area contributed by atoms with E-state index < -0.39 is 17.8 Å². The molecule has 1 aliphatic rings. The number of ether oxygens (including phenoxy) is 1. The molecule has 1 aromatic carbocycles. The van der Waals surface area contributed by atoms with Crippen LogP contribution in [0.5, 0.6) is 0 Å². The van der Waals surface area contributed by atoms with E-state index in [1.165, 1.54) is 18.2 Å². The molecule has 110 valence electrons. The summed E-state index contributed by atoms with van der Waals surface area (Å²) in [5, 5.41) is 3.61. The molecule has 0 spiro atoms. The highest BCUT2D eigenvalue weighted by Gasteiger charge is 2.32. The standard InChI is InChI=1S/C14H18ClFN2O2/c1-2-20-14(19)13(18-7-5-17-6-8-18)11-9-10(15)3-4-12(11)16/h3-4,9,13,17H,2,5-8H2,1H3. The van der Waals surface area contributed by atoms with Gasteiger partial charge >= 0.3 is 5.97 Å². The molecular formula is C14H18ClFN2O2. The highest BCUT2D eigenvalue weighted by Crippen LogP contribution is 2.27. The second-order valence-electron chi connectivity index (χ2n) is 4.61. The molecule has 1 atom stereocenters. The molecule has 1 heterocycles. The third kappa shape index (κ3) is 3.48. The van der Waals surface area contributed by atoms with Gasteiger partial charge in [-0.2, -0.15) is 0 Å². The van der Waals surface area contributed by atoms with Crippen LogP contribution in [0.4, 0.5) is 4.39 Å². The van der Waals surface area contributed by atoms with E-state index in [0.29, 0.717) is 18.1 Å². The van der Waals surface area contributed by atoms with E-state index in [4.69, 9.17) is 16.3 Å². The van der Waals surface area contributed by atoms with E-state index in [2.05, 4.69) is 5.32 Å². The molecule has 0 amide bonds. The topological polar surface area (TPSA) is 41.6 Å². The molecule has 1 unspecified atom stereocenters. The van der Waals surface area contributed by atoms with E-state index >= 15 is 0 Å². The van der Waals surface area contributed by atoms with E-state index in [1.54, 1.807) is 6.92 Å². The van der Waals surface area contributed by atoms with Crippen LogP contribution in [0, 0.1) is 5.82 Å². The Morgan fingerprint density at radius 2 is 2.20 bits per heavy atom. The van der Waals surface area contributed by atoms with Crippen LogP contribution >= 0.6 is 11.6 Å². The van der Waals surface area contributed by atoms with Gasteiger partial charge < -0.3 is 10.1 Å². The Morgan fingerprint density at radius 1 is 1.50 bits per heavy atom. The Morgan fingerprint density at radius 3 is 2.85 bits per heavy atom. The van der Waals surface area contributed by atoms with Crippen LogP contribution in [0.15, 0.2) is 18.2 Å². The molecule has 1 saturated heterocycles. The predicted molar refractivity (Wildman–Crippen MR) is 75.2 cm³/mol. The van der Waals surface area contributed by atoms with Crippen LogP contribution in [0.2, 0.25) is 5.02 Å². The number of carbonyl (C=O) groups excluding carboxylic acids is 1. The zero-order valence-electron chi connectivity index (χ0n) is 11.4. The summed E-state index contributed by atoms with van der Waals surface area (Å²) in [6.07, 6.45) is 0. The second-order valence-corrected chi connectivity index (χ2v) is 5.04. The minimum Gasteiger partial charge on any atom is -0.465 e. The van der Waals surface area contributed by atoms with Gasteiger partial charge in [0.15, 0.2) is 0 Å². The highest BCUT2D eigenvalue weighted by molar-refractivity contribution is 6.30. The normalized spacial score (nSPS) is 17.8. The lowest BCUT2D eigenvalue weighted by atomic mass is 10.0. The third-order valence-corrected chi connectivity index (χ3v) is 3.51. The van der Waals surface area contributed by atoms with Crippen LogP contribution in [0.1, 0.15) is 18.5 Å². The number of carbonyl (C=O) groups is 1. The summed E-state index contributed by atoms with van der Waals surface area (Å²) >= 11 is 5.93. The van der Waals surface area contributed by atoms with E-state index in [9.17, 15) is 9.18 Å². The van der Waals surface area contributed by atoms with Crippen LogP contribution in [0.25, 0.3) is 0 Å². The number of hydrogen-bond donors (Lipinski definition) is 1. The molecule has 6 heteroatoms. The van der Waals surface area contributed by atoms with Crippen molar-refractivity contribution in [2.24, 2.45) is 0 Å². The van der Waals surface area contributed by atoms with Crippen molar-refractivity contribution in [1.29, 1.82) is 0 Å². The Bertz CT molecular complexity index is 478. The number of nitrogens with one attached hydrogen (secondary N) is 1. The molecule has 1 aliphatic heterocycles. The number of hydrogen-bond acceptors (Lipinski definition) is 4.